The van der Waals surface area contributed by atoms with Crippen molar-refractivity contribution in [2.75, 3.05) is 0 Å². The van der Waals surface area contributed by atoms with Crippen LogP contribution in [0.3, 0.4) is 0 Å². The van der Waals surface area contributed by atoms with E-state index >= 15 is 8.78 Å². The Bertz CT molecular complexity index is 1400. The quantitative estimate of drug-likeness (QED) is 0.479. The molecule has 0 spiro atoms. The van der Waals surface area contributed by atoms with Gasteiger partial charge in [-0.15, -0.1) is 0 Å². The number of hydrogen-bond acceptors (Lipinski definition) is 3. The van der Waals surface area contributed by atoms with E-state index in [0.717, 1.165) is 10.3 Å². The number of carbonyl (C=O) groups excluding carboxylic acids is 1. The second kappa shape index (κ2) is 7.15. The van der Waals surface area contributed by atoms with Crippen LogP contribution in [0.15, 0.2) is 54.7 Å². The molecule has 5 rings (SSSR count). The number of halogens is 3. The first-order valence-corrected chi connectivity index (χ1v) is 10.1. The molecule has 5 nitrogen and oxygen atoms in total. The van der Waals surface area contributed by atoms with Crippen molar-refractivity contribution < 1.29 is 18.7 Å². The minimum Gasteiger partial charge on any atom is -0.376 e. The summed E-state index contributed by atoms with van der Waals surface area (Å²) in [6.07, 6.45) is 1.77. The lowest BCUT2D eigenvalue weighted by molar-refractivity contribution is -0.0207. The molecule has 0 bridgehead atoms. The maximum atomic E-state index is 15.1. The number of amides is 1. The molecule has 4 aromatic rings. The number of hydrogen-bond donors (Lipinski definition) is 1. The van der Waals surface area contributed by atoms with Gasteiger partial charge in [-0.2, -0.15) is 5.10 Å². The molecule has 1 aliphatic heterocycles. The van der Waals surface area contributed by atoms with Gasteiger partial charge >= 0.3 is 0 Å². The standard InChI is InChI=1S/C23H15BClF2N3O2/c1-29-10-15-13(4-3-7-20(15)28-29)12-8-18(26)16(19(27)9-12)11-30-22(31)14-5-2-6-17(25)21(14)23(30,24)32/h2-10,32H,11H2,1H3. The van der Waals surface area contributed by atoms with Gasteiger partial charge in [0.2, 0.25) is 0 Å². The van der Waals surface area contributed by atoms with Crippen molar-refractivity contribution in [3.8, 4) is 11.1 Å². The van der Waals surface area contributed by atoms with E-state index in [9.17, 15) is 9.90 Å². The Morgan fingerprint density at radius 3 is 2.47 bits per heavy atom. The largest absolute Gasteiger partial charge is 0.376 e. The van der Waals surface area contributed by atoms with Gasteiger partial charge in [0.25, 0.3) is 5.91 Å². The van der Waals surface area contributed by atoms with Crippen LogP contribution in [0.2, 0.25) is 5.02 Å². The van der Waals surface area contributed by atoms with Crippen molar-refractivity contribution in [1.29, 1.82) is 0 Å². The van der Waals surface area contributed by atoms with E-state index in [1.165, 1.54) is 30.3 Å². The molecular formula is C23H15BClF2N3O2. The zero-order chi connectivity index (χ0) is 22.8. The third-order valence-corrected chi connectivity index (χ3v) is 6.02. The molecule has 1 atom stereocenters. The summed E-state index contributed by atoms with van der Waals surface area (Å²) in [7, 11) is 7.74. The minimum atomic E-state index is -2.30. The Morgan fingerprint density at radius 1 is 1.12 bits per heavy atom. The normalized spacial score (nSPS) is 17.9. The average molecular weight is 450 g/mol. The third kappa shape index (κ3) is 3.02. The zero-order valence-electron chi connectivity index (χ0n) is 16.8. The lowest BCUT2D eigenvalue weighted by atomic mass is 9.83. The number of aliphatic hydroxyl groups is 1. The maximum absolute atomic E-state index is 15.1. The minimum absolute atomic E-state index is 0.00681. The first kappa shape index (κ1) is 20.7. The Morgan fingerprint density at radius 2 is 1.78 bits per heavy atom. The van der Waals surface area contributed by atoms with Crippen LogP contribution in [-0.2, 0) is 19.2 Å². The van der Waals surface area contributed by atoms with Gasteiger partial charge in [0.05, 0.1) is 12.1 Å². The number of benzene rings is 3. The molecule has 1 N–H and O–H groups in total. The van der Waals surface area contributed by atoms with Crippen molar-refractivity contribution in [2.45, 2.75) is 12.2 Å². The van der Waals surface area contributed by atoms with Gasteiger partial charge in [-0.25, -0.2) is 8.78 Å². The Balaban J connectivity index is 1.55. The smallest absolute Gasteiger partial charge is 0.256 e. The fourth-order valence-corrected chi connectivity index (χ4v) is 4.50. The molecule has 158 valence electrons. The molecule has 9 heteroatoms. The number of fused-ring (bicyclic) bond motifs is 2. The van der Waals surface area contributed by atoms with E-state index in [1.807, 2.05) is 6.07 Å². The van der Waals surface area contributed by atoms with Gasteiger partial charge in [0.1, 0.15) is 17.3 Å². The summed E-state index contributed by atoms with van der Waals surface area (Å²) < 4.78 is 31.8. The number of rotatable bonds is 3. The number of aromatic nitrogens is 2. The molecule has 0 saturated heterocycles. The lowest BCUT2D eigenvalue weighted by Crippen LogP contribution is -2.44. The highest BCUT2D eigenvalue weighted by Crippen LogP contribution is 2.41. The fourth-order valence-electron chi connectivity index (χ4n) is 4.18. The number of aryl methyl sites for hydroxylation is 1. The summed E-state index contributed by atoms with van der Waals surface area (Å²) in [5.74, 6) is -2.41. The second-order valence-electron chi connectivity index (χ2n) is 7.74. The van der Waals surface area contributed by atoms with E-state index in [2.05, 4.69) is 5.10 Å². The van der Waals surface area contributed by atoms with Crippen LogP contribution in [0.4, 0.5) is 8.78 Å². The van der Waals surface area contributed by atoms with Crippen molar-refractivity contribution in [1.82, 2.24) is 14.7 Å². The van der Waals surface area contributed by atoms with E-state index in [1.54, 1.807) is 30.1 Å². The van der Waals surface area contributed by atoms with Crippen molar-refractivity contribution >= 4 is 36.3 Å². The Kier molecular flexibility index (Phi) is 4.62. The summed E-state index contributed by atoms with van der Waals surface area (Å²) in [4.78, 5) is 13.6. The summed E-state index contributed by atoms with van der Waals surface area (Å²) in [5.41, 5.74) is -0.968. The maximum Gasteiger partial charge on any atom is 0.256 e. The first-order chi connectivity index (χ1) is 15.2. The average Bonchev–Trinajstić information content (AvgIpc) is 3.20. The predicted octanol–water partition coefficient (Wildman–Crippen LogP) is 4.10. The van der Waals surface area contributed by atoms with Crippen LogP contribution in [0.5, 0.6) is 0 Å². The van der Waals surface area contributed by atoms with E-state index in [4.69, 9.17) is 19.4 Å². The molecule has 3 aromatic carbocycles. The summed E-state index contributed by atoms with van der Waals surface area (Å²) >= 11 is 6.11. The monoisotopic (exact) mass is 449 g/mol. The van der Waals surface area contributed by atoms with Crippen molar-refractivity contribution in [3.63, 3.8) is 0 Å². The van der Waals surface area contributed by atoms with Crippen LogP contribution in [0.1, 0.15) is 21.5 Å². The molecule has 1 amide bonds. The molecule has 1 aromatic heterocycles. The van der Waals surface area contributed by atoms with Gasteiger partial charge in [0, 0.05) is 40.3 Å². The molecule has 1 unspecified atom stereocenters. The number of nitrogens with zero attached hydrogens (tertiary/aromatic N) is 3. The first-order valence-electron chi connectivity index (χ1n) is 9.71. The van der Waals surface area contributed by atoms with E-state index in [0.29, 0.717) is 16.6 Å². The SMILES string of the molecule is [B]C1(O)c2c(Cl)cccc2C(=O)N1Cc1c(F)cc(-c2cccc3nn(C)cc23)cc1F. The zero-order valence-corrected chi connectivity index (χ0v) is 17.6. The van der Waals surface area contributed by atoms with Gasteiger partial charge in [-0.05, 0) is 41.5 Å². The molecule has 2 heterocycles. The summed E-state index contributed by atoms with van der Waals surface area (Å²) in [5, 5.41) is 15.9. The Hall–Kier alpha value is -3.23. The van der Waals surface area contributed by atoms with Crippen LogP contribution < -0.4 is 0 Å². The highest BCUT2D eigenvalue weighted by atomic mass is 35.5. The topological polar surface area (TPSA) is 58.4 Å². The lowest BCUT2D eigenvalue weighted by Gasteiger charge is -2.32. The molecule has 0 fully saturated rings. The summed E-state index contributed by atoms with van der Waals surface area (Å²) in [6.45, 7) is -0.577. The molecule has 32 heavy (non-hydrogen) atoms. The third-order valence-electron chi connectivity index (χ3n) is 5.70. The summed E-state index contributed by atoms with van der Waals surface area (Å²) in [6, 6.07) is 12.2. The van der Waals surface area contributed by atoms with Gasteiger partial charge in [-0.3, -0.25) is 9.48 Å². The van der Waals surface area contributed by atoms with Crippen LogP contribution in [0, 0.1) is 11.6 Å². The molecule has 0 aliphatic carbocycles. The van der Waals surface area contributed by atoms with Crippen LogP contribution in [0.25, 0.3) is 22.0 Å². The Labute approximate surface area is 188 Å². The molecular weight excluding hydrogens is 435 g/mol. The highest BCUT2D eigenvalue weighted by molar-refractivity contribution is 6.34. The van der Waals surface area contributed by atoms with Crippen molar-refractivity contribution in [2.24, 2.45) is 7.05 Å². The highest BCUT2D eigenvalue weighted by Gasteiger charge is 2.46. The number of carbonyl (C=O) groups is 1. The predicted molar refractivity (Wildman–Crippen MR) is 117 cm³/mol. The molecule has 0 saturated carbocycles. The fraction of sp³-hybridized carbons (Fsp3) is 0.130. The molecule has 2 radical (unpaired) electrons. The van der Waals surface area contributed by atoms with Crippen LogP contribution >= 0.6 is 11.6 Å². The van der Waals surface area contributed by atoms with E-state index in [-0.39, 0.29) is 16.1 Å². The van der Waals surface area contributed by atoms with Gasteiger partial charge in [0.15, 0.2) is 7.85 Å². The molecule has 1 aliphatic rings. The van der Waals surface area contributed by atoms with Crippen LogP contribution in [-0.4, -0.2) is 33.5 Å². The van der Waals surface area contributed by atoms with Crippen molar-refractivity contribution in [3.05, 3.63) is 88.1 Å². The van der Waals surface area contributed by atoms with Gasteiger partial charge < -0.3 is 10.0 Å². The van der Waals surface area contributed by atoms with E-state index < -0.39 is 35.3 Å². The van der Waals surface area contributed by atoms with Gasteiger partial charge in [-0.1, -0.05) is 29.8 Å². The second-order valence-corrected chi connectivity index (χ2v) is 8.15.